The Labute approximate surface area is 96.8 Å². The number of ether oxygens (including phenoxy) is 1. The third-order valence-corrected chi connectivity index (χ3v) is 3.04. The summed E-state index contributed by atoms with van der Waals surface area (Å²) in [6, 6.07) is -0.107. The van der Waals surface area contributed by atoms with Crippen molar-refractivity contribution in [1.82, 2.24) is 10.2 Å². The Bertz CT molecular complexity index is 223. The van der Waals surface area contributed by atoms with Crippen molar-refractivity contribution in [2.24, 2.45) is 0 Å². The lowest BCUT2D eigenvalue weighted by molar-refractivity contribution is -0.0604. The fourth-order valence-corrected chi connectivity index (χ4v) is 1.79. The van der Waals surface area contributed by atoms with E-state index in [2.05, 4.69) is 5.32 Å². The van der Waals surface area contributed by atoms with Crippen molar-refractivity contribution in [3.05, 3.63) is 0 Å². The van der Waals surface area contributed by atoms with Gasteiger partial charge in [-0.25, -0.2) is 4.79 Å². The van der Waals surface area contributed by atoms with Crippen LogP contribution in [0, 0.1) is 0 Å². The Balaban J connectivity index is 2.35. The van der Waals surface area contributed by atoms with Crippen LogP contribution >= 0.6 is 0 Å². The summed E-state index contributed by atoms with van der Waals surface area (Å²) in [5, 5.41) is 12.9. The largest absolute Gasteiger partial charge is 0.388 e. The van der Waals surface area contributed by atoms with Crippen LogP contribution in [-0.2, 0) is 4.74 Å². The summed E-state index contributed by atoms with van der Waals surface area (Å²) in [5.41, 5.74) is -0.791. The molecule has 0 bridgehead atoms. The Hall–Kier alpha value is -0.810. The average molecular weight is 230 g/mol. The maximum Gasteiger partial charge on any atom is 0.317 e. The minimum absolute atomic E-state index is 0.107. The van der Waals surface area contributed by atoms with E-state index in [1.165, 1.54) is 0 Å². The zero-order valence-electron chi connectivity index (χ0n) is 10.2. The van der Waals surface area contributed by atoms with E-state index in [1.54, 1.807) is 4.90 Å². The molecular weight excluding hydrogens is 208 g/mol. The number of carbonyl (C=O) groups excluding carboxylic acids is 1. The number of carbonyl (C=O) groups is 1. The first-order chi connectivity index (χ1) is 7.61. The molecule has 0 spiro atoms. The molecule has 1 heterocycles. The minimum Gasteiger partial charge on any atom is -0.388 e. The topological polar surface area (TPSA) is 61.8 Å². The van der Waals surface area contributed by atoms with Gasteiger partial charge in [0.1, 0.15) is 0 Å². The highest BCUT2D eigenvalue weighted by molar-refractivity contribution is 5.74. The van der Waals surface area contributed by atoms with E-state index < -0.39 is 5.60 Å². The smallest absolute Gasteiger partial charge is 0.317 e. The van der Waals surface area contributed by atoms with E-state index >= 15 is 0 Å². The maximum absolute atomic E-state index is 11.7. The number of rotatable bonds is 4. The summed E-state index contributed by atoms with van der Waals surface area (Å²) in [4.78, 5) is 13.4. The standard InChI is InChI=1S/C11H22N2O3/c1-3-13(4-2)10(14)12-9-11(15)5-7-16-8-6-11/h15H,3-9H2,1-2H3,(H,12,14). The quantitative estimate of drug-likeness (QED) is 0.742. The van der Waals surface area contributed by atoms with Crippen molar-refractivity contribution in [2.75, 3.05) is 32.8 Å². The fraction of sp³-hybridized carbons (Fsp3) is 0.909. The number of amides is 2. The summed E-state index contributed by atoms with van der Waals surface area (Å²) in [6.07, 6.45) is 1.18. The van der Waals surface area contributed by atoms with Gasteiger partial charge in [-0.05, 0) is 13.8 Å². The monoisotopic (exact) mass is 230 g/mol. The van der Waals surface area contributed by atoms with Gasteiger partial charge >= 0.3 is 6.03 Å². The molecule has 1 saturated heterocycles. The van der Waals surface area contributed by atoms with E-state index in [9.17, 15) is 9.90 Å². The highest BCUT2D eigenvalue weighted by Crippen LogP contribution is 2.19. The second kappa shape index (κ2) is 6.06. The molecule has 0 aliphatic carbocycles. The molecular formula is C11H22N2O3. The highest BCUT2D eigenvalue weighted by Gasteiger charge is 2.30. The fourth-order valence-electron chi connectivity index (χ4n) is 1.79. The second-order valence-electron chi connectivity index (χ2n) is 4.17. The van der Waals surface area contributed by atoms with Crippen LogP contribution in [0.15, 0.2) is 0 Å². The summed E-state index contributed by atoms with van der Waals surface area (Å²) < 4.78 is 5.18. The zero-order valence-corrected chi connectivity index (χ0v) is 10.2. The molecule has 0 saturated carbocycles. The first-order valence-corrected chi connectivity index (χ1v) is 5.94. The number of hydrogen-bond donors (Lipinski definition) is 2. The summed E-state index contributed by atoms with van der Waals surface area (Å²) in [7, 11) is 0. The maximum atomic E-state index is 11.7. The van der Waals surface area contributed by atoms with Crippen LogP contribution in [0.25, 0.3) is 0 Å². The Morgan fingerprint density at radius 2 is 1.94 bits per heavy atom. The second-order valence-corrected chi connectivity index (χ2v) is 4.17. The molecule has 1 aliphatic rings. The van der Waals surface area contributed by atoms with E-state index in [4.69, 9.17) is 4.74 Å². The number of hydrogen-bond acceptors (Lipinski definition) is 3. The number of nitrogens with zero attached hydrogens (tertiary/aromatic N) is 1. The highest BCUT2D eigenvalue weighted by atomic mass is 16.5. The van der Waals surface area contributed by atoms with Crippen molar-refractivity contribution in [2.45, 2.75) is 32.3 Å². The molecule has 94 valence electrons. The van der Waals surface area contributed by atoms with E-state index in [1.807, 2.05) is 13.8 Å². The molecule has 0 aromatic rings. The van der Waals surface area contributed by atoms with Crippen LogP contribution in [0.2, 0.25) is 0 Å². The van der Waals surface area contributed by atoms with E-state index in [-0.39, 0.29) is 6.03 Å². The van der Waals surface area contributed by atoms with Crippen molar-refractivity contribution in [3.63, 3.8) is 0 Å². The molecule has 1 aliphatic heterocycles. The van der Waals surface area contributed by atoms with Crippen molar-refractivity contribution in [3.8, 4) is 0 Å². The van der Waals surface area contributed by atoms with Gasteiger partial charge in [0.15, 0.2) is 0 Å². The Kier molecular flexibility index (Phi) is 5.02. The average Bonchev–Trinajstić information content (AvgIpc) is 2.29. The molecule has 1 rings (SSSR count). The third-order valence-electron chi connectivity index (χ3n) is 3.04. The number of nitrogens with one attached hydrogen (secondary N) is 1. The first-order valence-electron chi connectivity index (χ1n) is 5.94. The van der Waals surface area contributed by atoms with Crippen LogP contribution in [0.5, 0.6) is 0 Å². The molecule has 2 amide bonds. The predicted molar refractivity (Wildman–Crippen MR) is 61.3 cm³/mol. The van der Waals surface area contributed by atoms with Gasteiger partial charge < -0.3 is 20.1 Å². The Morgan fingerprint density at radius 1 is 1.38 bits per heavy atom. The predicted octanol–water partition coefficient (Wildman–Crippen LogP) is 0.579. The molecule has 5 nitrogen and oxygen atoms in total. The van der Waals surface area contributed by atoms with Crippen molar-refractivity contribution in [1.29, 1.82) is 0 Å². The summed E-state index contributed by atoms with van der Waals surface area (Å²) >= 11 is 0. The summed E-state index contributed by atoms with van der Waals surface area (Å²) in [6.45, 7) is 6.69. The molecule has 5 heteroatoms. The van der Waals surface area contributed by atoms with Gasteiger partial charge in [-0.1, -0.05) is 0 Å². The molecule has 16 heavy (non-hydrogen) atoms. The van der Waals surface area contributed by atoms with Gasteiger partial charge in [0.2, 0.25) is 0 Å². The zero-order chi connectivity index (χ0) is 12.0. The van der Waals surface area contributed by atoms with Crippen LogP contribution in [0.4, 0.5) is 4.79 Å². The van der Waals surface area contributed by atoms with Gasteiger partial charge in [-0.3, -0.25) is 0 Å². The molecule has 0 aromatic carbocycles. The van der Waals surface area contributed by atoms with Crippen molar-refractivity contribution < 1.29 is 14.6 Å². The van der Waals surface area contributed by atoms with Crippen molar-refractivity contribution >= 4 is 6.03 Å². The van der Waals surface area contributed by atoms with Gasteiger partial charge in [0.05, 0.1) is 5.60 Å². The van der Waals surface area contributed by atoms with Gasteiger partial charge in [-0.2, -0.15) is 0 Å². The lowest BCUT2D eigenvalue weighted by Crippen LogP contribution is -2.50. The number of aliphatic hydroxyl groups is 1. The SMILES string of the molecule is CCN(CC)C(=O)NCC1(O)CCOCC1. The summed E-state index contributed by atoms with van der Waals surface area (Å²) in [5.74, 6) is 0. The van der Waals surface area contributed by atoms with Crippen LogP contribution in [-0.4, -0.2) is 54.5 Å². The van der Waals surface area contributed by atoms with Crippen LogP contribution < -0.4 is 5.32 Å². The molecule has 2 N–H and O–H groups in total. The molecule has 1 fully saturated rings. The van der Waals surface area contributed by atoms with Crippen LogP contribution in [0.3, 0.4) is 0 Å². The Morgan fingerprint density at radius 3 is 2.44 bits per heavy atom. The van der Waals surface area contributed by atoms with Gasteiger partial charge in [0, 0.05) is 45.7 Å². The molecule has 0 atom stereocenters. The van der Waals surface area contributed by atoms with Crippen LogP contribution in [0.1, 0.15) is 26.7 Å². The third kappa shape index (κ3) is 3.64. The normalized spacial score (nSPS) is 19.2. The lowest BCUT2D eigenvalue weighted by atomic mass is 9.94. The molecule has 0 radical (unpaired) electrons. The van der Waals surface area contributed by atoms with Gasteiger partial charge in [0.25, 0.3) is 0 Å². The minimum atomic E-state index is -0.791. The molecule has 0 aromatic heterocycles. The van der Waals surface area contributed by atoms with E-state index in [0.29, 0.717) is 45.7 Å². The lowest BCUT2D eigenvalue weighted by Gasteiger charge is -2.32. The van der Waals surface area contributed by atoms with E-state index in [0.717, 1.165) is 0 Å². The molecule has 0 unspecified atom stereocenters. The first kappa shape index (κ1) is 13.3. The number of urea groups is 1. The van der Waals surface area contributed by atoms with Gasteiger partial charge in [-0.15, -0.1) is 0 Å².